The van der Waals surface area contributed by atoms with Crippen molar-refractivity contribution in [3.05, 3.63) is 0 Å². The van der Waals surface area contributed by atoms with Crippen LogP contribution >= 0.6 is 0 Å². The van der Waals surface area contributed by atoms with Gasteiger partial charge in [0, 0.05) is 19.6 Å². The first-order valence-corrected chi connectivity index (χ1v) is 4.62. The van der Waals surface area contributed by atoms with E-state index in [0.717, 1.165) is 19.6 Å². The summed E-state index contributed by atoms with van der Waals surface area (Å²) in [6.07, 6.45) is -0.285. The highest BCUT2D eigenvalue weighted by molar-refractivity contribution is 5.69. The quantitative estimate of drug-likeness (QED) is 0.648. The fourth-order valence-electron chi connectivity index (χ4n) is 1.78. The maximum atomic E-state index is 11.3. The molecule has 1 N–H and O–H groups in total. The Hall–Kier alpha value is -0.770. The smallest absolute Gasteiger partial charge is 0.408 e. The highest BCUT2D eigenvalue weighted by Gasteiger charge is 2.56. The molecule has 3 aliphatic heterocycles. The van der Waals surface area contributed by atoms with Crippen molar-refractivity contribution in [1.29, 1.82) is 0 Å². The lowest BCUT2D eigenvalue weighted by molar-refractivity contribution is -0.0994. The van der Waals surface area contributed by atoms with E-state index in [1.54, 1.807) is 0 Å². The lowest BCUT2D eigenvalue weighted by Crippen LogP contribution is -2.85. The molecule has 13 heavy (non-hydrogen) atoms. The normalized spacial score (nSPS) is 35.8. The van der Waals surface area contributed by atoms with Gasteiger partial charge in [0.1, 0.15) is 5.60 Å². The number of alkyl carbamates (subject to hydrolysis) is 1. The Labute approximate surface area is 78.2 Å². The van der Waals surface area contributed by atoms with E-state index >= 15 is 0 Å². The molecule has 0 aromatic heterocycles. The van der Waals surface area contributed by atoms with Crippen LogP contribution in [0.3, 0.4) is 0 Å². The molecule has 0 saturated carbocycles. The summed E-state index contributed by atoms with van der Waals surface area (Å²) in [4.78, 5) is 13.6. The van der Waals surface area contributed by atoms with Gasteiger partial charge >= 0.3 is 6.09 Å². The van der Waals surface area contributed by atoms with Crippen molar-refractivity contribution in [1.82, 2.24) is 10.2 Å². The Balaban J connectivity index is 1.78. The molecule has 2 bridgehead atoms. The molecule has 0 atom stereocenters. The SMILES string of the molecule is CC(C)(C)OC(=O)NC12CN(C1)C2. The van der Waals surface area contributed by atoms with Crippen LogP contribution in [-0.2, 0) is 4.74 Å². The van der Waals surface area contributed by atoms with Gasteiger partial charge in [-0.1, -0.05) is 0 Å². The van der Waals surface area contributed by atoms with Gasteiger partial charge in [0.15, 0.2) is 0 Å². The minimum atomic E-state index is -0.395. The summed E-state index contributed by atoms with van der Waals surface area (Å²) in [6.45, 7) is 8.60. The van der Waals surface area contributed by atoms with Gasteiger partial charge in [0.25, 0.3) is 0 Å². The van der Waals surface area contributed by atoms with Crippen LogP contribution in [0.15, 0.2) is 0 Å². The van der Waals surface area contributed by atoms with Crippen molar-refractivity contribution in [2.45, 2.75) is 31.9 Å². The third-order valence-electron chi connectivity index (χ3n) is 2.34. The second-order valence-electron chi connectivity index (χ2n) is 5.05. The molecular weight excluding hydrogens is 168 g/mol. The summed E-state index contributed by atoms with van der Waals surface area (Å²) in [7, 11) is 0. The standard InChI is InChI=1S/C9H16N2O2/c1-8(2,3)13-7(12)10-9-4-11(5-9)6-9/h4-6H2,1-3H3,(H,10,12). The van der Waals surface area contributed by atoms with Gasteiger partial charge in [-0.2, -0.15) is 0 Å². The average Bonchev–Trinajstić information content (AvgIpc) is 1.71. The number of amides is 1. The highest BCUT2D eigenvalue weighted by Crippen LogP contribution is 2.34. The minimum absolute atomic E-state index is 0.0579. The van der Waals surface area contributed by atoms with Crippen LogP contribution in [0.5, 0.6) is 0 Å². The van der Waals surface area contributed by atoms with Crippen molar-refractivity contribution in [3.8, 4) is 0 Å². The molecule has 3 heterocycles. The van der Waals surface area contributed by atoms with Crippen molar-refractivity contribution >= 4 is 6.09 Å². The van der Waals surface area contributed by atoms with Crippen molar-refractivity contribution < 1.29 is 9.53 Å². The van der Waals surface area contributed by atoms with E-state index in [1.807, 2.05) is 20.8 Å². The van der Waals surface area contributed by atoms with E-state index < -0.39 is 5.60 Å². The molecule has 0 aliphatic carbocycles. The van der Waals surface area contributed by atoms with Crippen LogP contribution in [0, 0.1) is 0 Å². The third kappa shape index (κ3) is 1.63. The van der Waals surface area contributed by atoms with E-state index in [9.17, 15) is 4.79 Å². The number of hydrogen-bond acceptors (Lipinski definition) is 3. The summed E-state index contributed by atoms with van der Waals surface area (Å²) < 4.78 is 5.17. The zero-order valence-corrected chi connectivity index (χ0v) is 8.39. The van der Waals surface area contributed by atoms with Crippen molar-refractivity contribution in [2.24, 2.45) is 0 Å². The molecule has 0 spiro atoms. The molecule has 4 nitrogen and oxygen atoms in total. The first kappa shape index (κ1) is 8.81. The van der Waals surface area contributed by atoms with E-state index in [1.165, 1.54) is 0 Å². The van der Waals surface area contributed by atoms with E-state index in [0.29, 0.717) is 0 Å². The topological polar surface area (TPSA) is 41.6 Å². The van der Waals surface area contributed by atoms with Crippen molar-refractivity contribution in [3.63, 3.8) is 0 Å². The minimum Gasteiger partial charge on any atom is -0.444 e. The maximum absolute atomic E-state index is 11.3. The molecule has 4 heteroatoms. The molecule has 3 fully saturated rings. The van der Waals surface area contributed by atoms with E-state index in [2.05, 4.69) is 10.2 Å². The molecular formula is C9H16N2O2. The molecule has 0 unspecified atom stereocenters. The van der Waals surface area contributed by atoms with E-state index in [-0.39, 0.29) is 11.6 Å². The number of ether oxygens (including phenoxy) is 1. The summed E-state index contributed by atoms with van der Waals surface area (Å²) in [5.74, 6) is 0. The zero-order valence-electron chi connectivity index (χ0n) is 8.39. The monoisotopic (exact) mass is 184 g/mol. The zero-order chi connectivity index (χ0) is 9.69. The predicted molar refractivity (Wildman–Crippen MR) is 48.5 cm³/mol. The Kier molecular flexibility index (Phi) is 1.61. The number of nitrogens with zero attached hydrogens (tertiary/aromatic N) is 1. The van der Waals surface area contributed by atoms with Gasteiger partial charge in [-0.05, 0) is 20.8 Å². The Morgan fingerprint density at radius 1 is 1.38 bits per heavy atom. The van der Waals surface area contributed by atoms with Gasteiger partial charge in [-0.3, -0.25) is 4.90 Å². The second kappa shape index (κ2) is 2.38. The maximum Gasteiger partial charge on any atom is 0.408 e. The summed E-state index contributed by atoms with van der Waals surface area (Å²) in [5, 5.41) is 2.91. The predicted octanol–water partition coefficient (Wildman–Crippen LogP) is 0.579. The summed E-state index contributed by atoms with van der Waals surface area (Å²) in [5.41, 5.74) is -0.337. The van der Waals surface area contributed by atoms with Crippen LogP contribution in [0.1, 0.15) is 20.8 Å². The highest BCUT2D eigenvalue weighted by atomic mass is 16.6. The molecule has 1 amide bonds. The van der Waals surface area contributed by atoms with Gasteiger partial charge in [0.2, 0.25) is 0 Å². The van der Waals surface area contributed by atoms with Gasteiger partial charge in [-0.25, -0.2) is 4.79 Å². The number of carbonyl (C=O) groups excluding carboxylic acids is 1. The summed E-state index contributed by atoms with van der Waals surface area (Å²) in [6, 6.07) is 0. The molecule has 74 valence electrons. The van der Waals surface area contributed by atoms with Crippen LogP contribution in [0.4, 0.5) is 4.79 Å². The largest absolute Gasteiger partial charge is 0.444 e. The third-order valence-corrected chi connectivity index (χ3v) is 2.34. The average molecular weight is 184 g/mol. The molecule has 3 aliphatic rings. The molecule has 0 radical (unpaired) electrons. The number of rotatable bonds is 1. The van der Waals surface area contributed by atoms with E-state index in [4.69, 9.17) is 4.74 Å². The van der Waals surface area contributed by atoms with Crippen LogP contribution in [-0.4, -0.2) is 41.8 Å². The first-order chi connectivity index (χ1) is 5.89. The van der Waals surface area contributed by atoms with Gasteiger partial charge < -0.3 is 10.1 Å². The number of nitrogens with one attached hydrogen (secondary N) is 1. The van der Waals surface area contributed by atoms with Crippen LogP contribution in [0.25, 0.3) is 0 Å². The number of hydrogen-bond donors (Lipinski definition) is 1. The molecule has 3 rings (SSSR count). The molecule has 0 aromatic carbocycles. The Morgan fingerprint density at radius 2 is 1.92 bits per heavy atom. The lowest BCUT2D eigenvalue weighted by Gasteiger charge is -2.63. The van der Waals surface area contributed by atoms with Crippen LogP contribution in [0.2, 0.25) is 0 Å². The van der Waals surface area contributed by atoms with Gasteiger partial charge in [-0.15, -0.1) is 0 Å². The van der Waals surface area contributed by atoms with Crippen molar-refractivity contribution in [2.75, 3.05) is 19.6 Å². The first-order valence-electron chi connectivity index (χ1n) is 4.62. The van der Waals surface area contributed by atoms with Gasteiger partial charge in [0.05, 0.1) is 5.54 Å². The fourth-order valence-corrected chi connectivity index (χ4v) is 1.78. The summed E-state index contributed by atoms with van der Waals surface area (Å²) >= 11 is 0. The molecule has 3 saturated heterocycles. The lowest BCUT2D eigenvalue weighted by atomic mass is 9.78. The molecule has 0 aromatic rings. The number of carbonyl (C=O) groups is 1. The Morgan fingerprint density at radius 3 is 2.23 bits per heavy atom. The second-order valence-corrected chi connectivity index (χ2v) is 5.05. The van der Waals surface area contributed by atoms with Crippen LogP contribution < -0.4 is 5.32 Å². The Bertz CT molecular complexity index is 227. The fraction of sp³-hybridized carbons (Fsp3) is 0.889.